The van der Waals surface area contributed by atoms with E-state index in [4.69, 9.17) is 0 Å². The highest BCUT2D eigenvalue weighted by Crippen LogP contribution is 2.19. The average molecular weight is 314 g/mol. The Hall–Kier alpha value is -0.950. The maximum atomic E-state index is 13.4. The summed E-state index contributed by atoms with van der Waals surface area (Å²) >= 11 is 2.89. The van der Waals surface area contributed by atoms with Crippen LogP contribution in [0.4, 0.5) is 17.6 Å². The Morgan fingerprint density at radius 1 is 1.35 bits per heavy atom. The molecule has 0 aliphatic rings. The van der Waals surface area contributed by atoms with Gasteiger partial charge in [0.2, 0.25) is 0 Å². The van der Waals surface area contributed by atoms with Crippen molar-refractivity contribution in [2.24, 2.45) is 0 Å². The second kappa shape index (κ2) is 5.59. The van der Waals surface area contributed by atoms with E-state index in [1.54, 1.807) is 0 Å². The lowest BCUT2D eigenvalue weighted by molar-refractivity contribution is -0.124. The van der Waals surface area contributed by atoms with Crippen molar-refractivity contribution < 1.29 is 22.4 Å². The third-order valence-corrected chi connectivity index (χ3v) is 2.48. The second-order valence-electron chi connectivity index (χ2n) is 3.24. The van der Waals surface area contributed by atoms with Crippen molar-refractivity contribution in [3.8, 4) is 0 Å². The first-order chi connectivity index (χ1) is 7.81. The number of alkyl halides is 3. The van der Waals surface area contributed by atoms with Gasteiger partial charge in [-0.2, -0.15) is 13.2 Å². The molecular formula is C10H8BrF4NO. The lowest BCUT2D eigenvalue weighted by atomic mass is 10.1. The highest BCUT2D eigenvalue weighted by molar-refractivity contribution is 9.10. The van der Waals surface area contributed by atoms with Gasteiger partial charge < -0.3 is 5.32 Å². The summed E-state index contributed by atoms with van der Waals surface area (Å²) in [4.78, 5) is 11.4. The van der Waals surface area contributed by atoms with Crippen molar-refractivity contribution in [2.75, 3.05) is 13.1 Å². The zero-order chi connectivity index (χ0) is 13.1. The molecule has 17 heavy (non-hydrogen) atoms. The van der Waals surface area contributed by atoms with Crippen molar-refractivity contribution in [1.29, 1.82) is 0 Å². The Kier molecular flexibility index (Phi) is 4.64. The number of carbonyl (C=O) groups is 1. The van der Waals surface area contributed by atoms with E-state index in [9.17, 15) is 22.4 Å². The number of carbonyl (C=O) groups excluding carboxylic acids is 1. The molecule has 0 fully saturated rings. The first kappa shape index (κ1) is 14.1. The molecule has 1 N–H and O–H groups in total. The molecule has 1 aromatic carbocycles. The molecule has 0 unspecified atom stereocenters. The summed E-state index contributed by atoms with van der Waals surface area (Å²) < 4.78 is 48.9. The summed E-state index contributed by atoms with van der Waals surface area (Å²) in [6.45, 7) is -1.85. The smallest absolute Gasteiger partial charge is 0.302 e. The van der Waals surface area contributed by atoms with Gasteiger partial charge in [-0.25, -0.2) is 4.39 Å². The van der Waals surface area contributed by atoms with Crippen LogP contribution >= 0.6 is 15.9 Å². The number of Topliss-reactive ketones (excluding diaryl/α,β-unsaturated/α-hetero) is 1. The van der Waals surface area contributed by atoms with Gasteiger partial charge in [-0.3, -0.25) is 4.79 Å². The number of halogens is 5. The van der Waals surface area contributed by atoms with Gasteiger partial charge in [0.1, 0.15) is 5.82 Å². The molecule has 0 spiro atoms. The SMILES string of the molecule is O=C(CNCC(F)(F)F)c1cccc(Br)c1F. The summed E-state index contributed by atoms with van der Waals surface area (Å²) in [5, 5.41) is 1.91. The molecule has 0 aliphatic carbocycles. The molecule has 1 rings (SSSR count). The van der Waals surface area contributed by atoms with Crippen LogP contribution in [0.2, 0.25) is 0 Å². The molecule has 0 radical (unpaired) electrons. The molecule has 0 heterocycles. The molecule has 0 bridgehead atoms. The largest absolute Gasteiger partial charge is 0.401 e. The second-order valence-corrected chi connectivity index (χ2v) is 4.10. The normalized spacial score (nSPS) is 11.6. The van der Waals surface area contributed by atoms with E-state index in [0.717, 1.165) is 0 Å². The minimum absolute atomic E-state index is 0.0965. The molecule has 0 aliphatic heterocycles. The van der Waals surface area contributed by atoms with Gasteiger partial charge in [0.15, 0.2) is 5.78 Å². The number of hydrogen-bond acceptors (Lipinski definition) is 2. The van der Waals surface area contributed by atoms with E-state index >= 15 is 0 Å². The molecule has 0 atom stereocenters. The van der Waals surface area contributed by atoms with Gasteiger partial charge in [-0.15, -0.1) is 0 Å². The summed E-state index contributed by atoms with van der Waals surface area (Å²) in [6.07, 6.45) is -4.39. The van der Waals surface area contributed by atoms with E-state index in [1.165, 1.54) is 18.2 Å². The van der Waals surface area contributed by atoms with Gasteiger partial charge in [0.05, 0.1) is 23.1 Å². The molecule has 2 nitrogen and oxygen atoms in total. The van der Waals surface area contributed by atoms with Crippen LogP contribution in [-0.2, 0) is 0 Å². The molecule has 0 aromatic heterocycles. The summed E-state index contributed by atoms with van der Waals surface area (Å²) in [7, 11) is 0. The van der Waals surface area contributed by atoms with Crippen molar-refractivity contribution in [3.63, 3.8) is 0 Å². The Morgan fingerprint density at radius 3 is 2.59 bits per heavy atom. The van der Waals surface area contributed by atoms with Crippen molar-refractivity contribution in [2.45, 2.75) is 6.18 Å². The fraction of sp³-hybridized carbons (Fsp3) is 0.300. The van der Waals surface area contributed by atoms with Gasteiger partial charge in [-0.1, -0.05) is 6.07 Å². The van der Waals surface area contributed by atoms with Crippen LogP contribution in [0.3, 0.4) is 0 Å². The van der Waals surface area contributed by atoms with Crippen LogP contribution in [0, 0.1) is 5.82 Å². The fourth-order valence-corrected chi connectivity index (χ4v) is 1.50. The lowest BCUT2D eigenvalue weighted by Gasteiger charge is -2.08. The van der Waals surface area contributed by atoms with Crippen LogP contribution in [0.25, 0.3) is 0 Å². The zero-order valence-electron chi connectivity index (χ0n) is 8.44. The quantitative estimate of drug-likeness (QED) is 0.684. The van der Waals surface area contributed by atoms with E-state index in [2.05, 4.69) is 15.9 Å². The molecule has 94 valence electrons. The molecule has 1 aromatic rings. The van der Waals surface area contributed by atoms with Gasteiger partial charge >= 0.3 is 6.18 Å². The predicted molar refractivity (Wildman–Crippen MR) is 57.4 cm³/mol. The number of benzene rings is 1. The summed E-state index contributed by atoms with van der Waals surface area (Å²) in [5.74, 6) is -1.50. The number of hydrogen-bond donors (Lipinski definition) is 1. The molecule has 0 saturated heterocycles. The summed E-state index contributed by atoms with van der Waals surface area (Å²) in [6, 6.07) is 4.05. The maximum Gasteiger partial charge on any atom is 0.401 e. The van der Waals surface area contributed by atoms with Crippen LogP contribution in [0.15, 0.2) is 22.7 Å². The Labute approximate surface area is 103 Å². The van der Waals surface area contributed by atoms with E-state index in [0.29, 0.717) is 0 Å². The minimum Gasteiger partial charge on any atom is -0.302 e. The molecule has 0 amide bonds. The van der Waals surface area contributed by atoms with Gasteiger partial charge in [0, 0.05) is 0 Å². The highest BCUT2D eigenvalue weighted by atomic mass is 79.9. The third kappa shape index (κ3) is 4.43. The lowest BCUT2D eigenvalue weighted by Crippen LogP contribution is -2.33. The van der Waals surface area contributed by atoms with Crippen LogP contribution in [-0.4, -0.2) is 25.0 Å². The monoisotopic (exact) mass is 313 g/mol. The standard InChI is InChI=1S/C10H8BrF4NO/c11-7-3-1-2-6(9(7)12)8(17)4-16-5-10(13,14)15/h1-3,16H,4-5H2. The molecule has 7 heteroatoms. The molecule has 0 saturated carbocycles. The zero-order valence-corrected chi connectivity index (χ0v) is 10.0. The van der Waals surface area contributed by atoms with E-state index in [1.807, 2.05) is 5.32 Å². The van der Waals surface area contributed by atoms with E-state index in [-0.39, 0.29) is 10.0 Å². The maximum absolute atomic E-state index is 13.4. The Balaban J connectivity index is 2.62. The average Bonchev–Trinajstić information content (AvgIpc) is 2.20. The molecular weight excluding hydrogens is 306 g/mol. The van der Waals surface area contributed by atoms with Crippen molar-refractivity contribution in [3.05, 3.63) is 34.1 Å². The first-order valence-corrected chi connectivity index (χ1v) is 5.35. The summed E-state index contributed by atoms with van der Waals surface area (Å²) in [5.41, 5.74) is -0.242. The fourth-order valence-electron chi connectivity index (χ4n) is 1.13. The van der Waals surface area contributed by atoms with Crippen LogP contribution in [0.5, 0.6) is 0 Å². The Bertz CT molecular complexity index is 419. The van der Waals surface area contributed by atoms with Crippen molar-refractivity contribution >= 4 is 21.7 Å². The number of rotatable bonds is 4. The Morgan fingerprint density at radius 2 is 2.00 bits per heavy atom. The minimum atomic E-state index is -4.39. The van der Waals surface area contributed by atoms with E-state index < -0.39 is 30.9 Å². The van der Waals surface area contributed by atoms with Crippen LogP contribution < -0.4 is 5.32 Å². The van der Waals surface area contributed by atoms with Crippen molar-refractivity contribution in [1.82, 2.24) is 5.32 Å². The van der Waals surface area contributed by atoms with Gasteiger partial charge in [0.25, 0.3) is 0 Å². The third-order valence-electron chi connectivity index (χ3n) is 1.86. The number of ketones is 1. The van der Waals surface area contributed by atoms with Crippen LogP contribution in [0.1, 0.15) is 10.4 Å². The first-order valence-electron chi connectivity index (χ1n) is 4.56. The number of nitrogens with one attached hydrogen (secondary N) is 1. The predicted octanol–water partition coefficient (Wildman–Crippen LogP) is 2.92. The topological polar surface area (TPSA) is 29.1 Å². The van der Waals surface area contributed by atoms with Gasteiger partial charge in [-0.05, 0) is 28.1 Å². The highest BCUT2D eigenvalue weighted by Gasteiger charge is 2.26.